The lowest BCUT2D eigenvalue weighted by Crippen LogP contribution is -2.02. The summed E-state index contributed by atoms with van der Waals surface area (Å²) >= 11 is 1.84. The van der Waals surface area contributed by atoms with Crippen LogP contribution in [0.1, 0.15) is 0 Å². The molecule has 0 rings (SSSR count). The van der Waals surface area contributed by atoms with Crippen molar-refractivity contribution in [2.75, 3.05) is 14.1 Å². The van der Waals surface area contributed by atoms with E-state index >= 15 is 0 Å². The smallest absolute Gasteiger partial charge is 0.349 e. The first-order chi connectivity index (χ1) is 1.73. The molecule has 0 aliphatic heterocycles. The van der Waals surface area contributed by atoms with Crippen molar-refractivity contribution in [3.63, 3.8) is 0 Å². The van der Waals surface area contributed by atoms with Crippen LogP contribution in [-0.2, 0) is 0 Å². The highest BCUT2D eigenvalue weighted by molar-refractivity contribution is 6.03. The predicted octanol–water partition coefficient (Wildman–Crippen LogP) is -0.369. The summed E-state index contributed by atoms with van der Waals surface area (Å²) in [6.07, 6.45) is 0. The molecule has 0 saturated heterocycles. The summed E-state index contributed by atoms with van der Waals surface area (Å²) in [6, 6.07) is 0. The van der Waals surface area contributed by atoms with Gasteiger partial charge in [0, 0.05) is 0 Å². The van der Waals surface area contributed by atoms with Crippen molar-refractivity contribution >= 4 is 22.0 Å². The minimum atomic E-state index is 1.84. The van der Waals surface area contributed by atoms with Crippen molar-refractivity contribution in [1.29, 1.82) is 0 Å². The zero-order chi connectivity index (χ0) is 3.58. The van der Waals surface area contributed by atoms with Crippen molar-refractivity contribution in [3.05, 3.63) is 0 Å². The molecule has 0 aromatic carbocycles. The molecular weight excluding hydrogens is 62.3 g/mol. The summed E-state index contributed by atoms with van der Waals surface area (Å²) in [7, 11) is 4.02. The third-order valence-electron chi connectivity index (χ3n) is 0. The van der Waals surface area contributed by atoms with E-state index in [0.29, 0.717) is 0 Å². The molecule has 0 aliphatic rings. The Morgan fingerprint density at radius 2 is 1.50 bits per heavy atom. The third kappa shape index (κ3) is 15.4. The average molecular weight is 68.4 g/mol. The van der Waals surface area contributed by atoms with E-state index in [1.165, 1.54) is 0 Å². The Kier molecular flexibility index (Phi) is 2.36. The second-order valence-electron chi connectivity index (χ2n) is 1.08. The standard InChI is InChI=1S/C2H6N.Mg/c1-3-2;/h1-2H3;/q-1;+1. The molecule has 1 radical (unpaired) electrons. The van der Waals surface area contributed by atoms with Crippen molar-refractivity contribution in [1.82, 2.24) is 3.22 Å². The van der Waals surface area contributed by atoms with E-state index in [2.05, 4.69) is 0 Å². The fraction of sp³-hybridized carbons (Fsp3) is 1.00. The lowest BCUT2D eigenvalue weighted by molar-refractivity contribution is 0.679. The molecule has 0 saturated carbocycles. The maximum Gasteiger partial charge on any atom is 0.349 e. The van der Waals surface area contributed by atoms with Gasteiger partial charge < -0.3 is 3.22 Å². The number of rotatable bonds is 0. The second-order valence-corrected chi connectivity index (χ2v) is 2.34. The van der Waals surface area contributed by atoms with Gasteiger partial charge in [0.15, 0.2) is 0 Å². The maximum atomic E-state index is 2.03. The second kappa shape index (κ2) is 1.99. The first kappa shape index (κ1) is 4.73. The van der Waals surface area contributed by atoms with Gasteiger partial charge in [0.05, 0.1) is 0 Å². The van der Waals surface area contributed by atoms with Crippen LogP contribution < -0.4 is 0 Å². The van der Waals surface area contributed by atoms with Gasteiger partial charge in [-0.2, -0.15) is 0 Å². The minimum Gasteiger partial charge on any atom is -0.473 e. The Morgan fingerprint density at radius 3 is 1.50 bits per heavy atom. The molecule has 0 unspecified atom stereocenters. The first-order valence-corrected chi connectivity index (χ1v) is 1.84. The highest BCUT2D eigenvalue weighted by Crippen LogP contribution is 1.44. The van der Waals surface area contributed by atoms with Gasteiger partial charge in [0.2, 0.25) is 0 Å². The molecule has 0 spiro atoms. The van der Waals surface area contributed by atoms with E-state index in [9.17, 15) is 0 Å². The van der Waals surface area contributed by atoms with Crippen molar-refractivity contribution in [2.45, 2.75) is 0 Å². The van der Waals surface area contributed by atoms with E-state index in [4.69, 9.17) is 0 Å². The van der Waals surface area contributed by atoms with Gasteiger partial charge in [0.25, 0.3) is 0 Å². The van der Waals surface area contributed by atoms with Gasteiger partial charge >= 0.3 is 22.0 Å². The Labute approximate surface area is 39.8 Å². The van der Waals surface area contributed by atoms with E-state index in [-0.39, 0.29) is 0 Å². The Morgan fingerprint density at radius 1 is 1.50 bits per heavy atom. The fourth-order valence-corrected chi connectivity index (χ4v) is 0. The van der Waals surface area contributed by atoms with E-state index in [1.807, 2.05) is 39.3 Å². The lowest BCUT2D eigenvalue weighted by Gasteiger charge is -1.95. The van der Waals surface area contributed by atoms with Gasteiger partial charge in [-0.1, -0.05) is 0 Å². The minimum absolute atomic E-state index is 1.84. The first-order valence-electron chi connectivity index (χ1n) is 1.21. The molecule has 0 fully saturated rings. The highest BCUT2D eigenvalue weighted by Gasteiger charge is 1.58. The molecule has 0 amide bonds. The molecule has 0 N–H and O–H groups in total. The molecule has 2 heteroatoms. The van der Waals surface area contributed by atoms with Gasteiger partial charge in [-0.3, -0.25) is 0 Å². The van der Waals surface area contributed by atoms with Crippen LogP contribution in [-0.4, -0.2) is 39.3 Å². The fourth-order valence-electron chi connectivity index (χ4n) is 0. The molecule has 0 atom stereocenters. The topological polar surface area (TPSA) is 3.24 Å². The van der Waals surface area contributed by atoms with E-state index in [1.54, 1.807) is 0 Å². The summed E-state index contributed by atoms with van der Waals surface area (Å²) < 4.78 is 2.03. The number of nitrogens with zero attached hydrogens (tertiary/aromatic N) is 1. The summed E-state index contributed by atoms with van der Waals surface area (Å²) in [6.45, 7) is 0. The molecule has 0 aromatic rings. The zero-order valence-corrected chi connectivity index (χ0v) is 4.57. The Hall–Kier alpha value is 0.726. The number of hydrogen-bond donors (Lipinski definition) is 0. The van der Waals surface area contributed by atoms with Gasteiger partial charge in [-0.05, 0) is 14.1 Å². The average Bonchev–Trinajstić information content (AvgIpc) is 0.811. The van der Waals surface area contributed by atoms with Crippen LogP contribution in [0.2, 0.25) is 0 Å². The molecule has 0 bridgehead atoms. The molecule has 0 heterocycles. The van der Waals surface area contributed by atoms with Gasteiger partial charge in [-0.15, -0.1) is 0 Å². The largest absolute Gasteiger partial charge is 0.473 e. The van der Waals surface area contributed by atoms with Crippen LogP contribution in [0, 0.1) is 0 Å². The van der Waals surface area contributed by atoms with E-state index in [0.717, 1.165) is 0 Å². The number of hydrogen-bond acceptors (Lipinski definition) is 1. The van der Waals surface area contributed by atoms with Crippen LogP contribution >= 0.6 is 0 Å². The summed E-state index contributed by atoms with van der Waals surface area (Å²) in [5, 5.41) is 0. The summed E-state index contributed by atoms with van der Waals surface area (Å²) in [4.78, 5) is 0. The van der Waals surface area contributed by atoms with E-state index < -0.39 is 0 Å². The molecule has 21 valence electrons. The van der Waals surface area contributed by atoms with Crippen molar-refractivity contribution < 1.29 is 0 Å². The highest BCUT2D eigenvalue weighted by atomic mass is 24.4. The Balaban J connectivity index is 2.32. The van der Waals surface area contributed by atoms with Gasteiger partial charge in [0.1, 0.15) is 0 Å². The molecule has 0 aromatic heterocycles. The maximum absolute atomic E-state index is 2.03. The van der Waals surface area contributed by atoms with Crippen LogP contribution in [0.5, 0.6) is 0 Å². The van der Waals surface area contributed by atoms with Crippen molar-refractivity contribution in [2.24, 2.45) is 0 Å². The molecule has 0 aliphatic carbocycles. The van der Waals surface area contributed by atoms with Crippen LogP contribution in [0.4, 0.5) is 0 Å². The monoisotopic (exact) mass is 68.0 g/mol. The quantitative estimate of drug-likeness (QED) is 0.350. The summed E-state index contributed by atoms with van der Waals surface area (Å²) in [5.74, 6) is 0. The van der Waals surface area contributed by atoms with Crippen molar-refractivity contribution in [3.8, 4) is 0 Å². The molecular formula is C2H6MgN. The zero-order valence-electron chi connectivity index (χ0n) is 3.15. The molecule has 1 nitrogen and oxygen atoms in total. The van der Waals surface area contributed by atoms with Crippen LogP contribution in [0.25, 0.3) is 0 Å². The summed E-state index contributed by atoms with van der Waals surface area (Å²) in [5.41, 5.74) is 0. The lowest BCUT2D eigenvalue weighted by atomic mass is 11.3. The van der Waals surface area contributed by atoms with Gasteiger partial charge in [-0.25, -0.2) is 0 Å². The normalized spacial score (nSPS) is 8.50. The predicted molar refractivity (Wildman–Crippen MR) is 19.4 cm³/mol. The third-order valence-corrected chi connectivity index (χ3v) is 0. The van der Waals surface area contributed by atoms with Crippen LogP contribution in [0.15, 0.2) is 0 Å². The Bertz CT molecular complexity index is 10.8. The molecule has 4 heavy (non-hydrogen) atoms. The van der Waals surface area contributed by atoms with Crippen LogP contribution in [0.3, 0.4) is 0 Å². The SMILES string of the molecule is C[N](C)[Mg].